The number of rotatable bonds is 5. The Labute approximate surface area is 144 Å². The molecule has 0 aliphatic carbocycles. The molecule has 0 bridgehead atoms. The van der Waals surface area contributed by atoms with Crippen molar-refractivity contribution in [1.82, 2.24) is 10.1 Å². The van der Waals surface area contributed by atoms with Crippen molar-refractivity contribution in [2.45, 2.75) is 19.4 Å². The molecule has 7 nitrogen and oxygen atoms in total. The Morgan fingerprint density at radius 2 is 2.04 bits per heavy atom. The molecule has 1 atom stereocenters. The zero-order chi connectivity index (χ0) is 18.0. The number of aromatic nitrogens is 1. The number of benzene rings is 2. The zero-order valence-corrected chi connectivity index (χ0v) is 13.9. The van der Waals surface area contributed by atoms with Gasteiger partial charge < -0.3 is 9.42 Å². The maximum absolute atomic E-state index is 12.6. The summed E-state index contributed by atoms with van der Waals surface area (Å²) in [4.78, 5) is 24.6. The number of nitro benzene ring substituents is 1. The van der Waals surface area contributed by atoms with Crippen molar-refractivity contribution in [2.75, 3.05) is 7.05 Å². The summed E-state index contributed by atoms with van der Waals surface area (Å²) in [6.07, 6.45) is 0.104. The first-order valence-electron chi connectivity index (χ1n) is 7.80. The van der Waals surface area contributed by atoms with Gasteiger partial charge in [0, 0.05) is 24.6 Å². The van der Waals surface area contributed by atoms with Gasteiger partial charge in [-0.2, -0.15) is 0 Å². The van der Waals surface area contributed by atoms with E-state index in [9.17, 15) is 14.9 Å². The number of carbonyl (C=O) groups excluding carboxylic acids is 1. The third-order valence-corrected chi connectivity index (χ3v) is 4.31. The van der Waals surface area contributed by atoms with Crippen LogP contribution >= 0.6 is 0 Å². The van der Waals surface area contributed by atoms with E-state index >= 15 is 0 Å². The lowest BCUT2D eigenvalue weighted by Crippen LogP contribution is -2.31. The van der Waals surface area contributed by atoms with Crippen molar-refractivity contribution in [3.63, 3.8) is 0 Å². The molecule has 7 heteroatoms. The minimum Gasteiger partial charge on any atom is -0.356 e. The molecule has 3 rings (SSSR count). The summed E-state index contributed by atoms with van der Waals surface area (Å²) >= 11 is 0. The van der Waals surface area contributed by atoms with Crippen molar-refractivity contribution in [1.29, 1.82) is 0 Å². The number of fused-ring (bicyclic) bond motifs is 1. The summed E-state index contributed by atoms with van der Waals surface area (Å²) in [5.74, 6) is -0.141. The highest BCUT2D eigenvalue weighted by atomic mass is 16.6. The normalized spacial score (nSPS) is 12.1. The summed E-state index contributed by atoms with van der Waals surface area (Å²) in [5, 5.41) is 15.7. The van der Waals surface area contributed by atoms with Crippen LogP contribution in [0.1, 0.15) is 24.2 Å². The predicted molar refractivity (Wildman–Crippen MR) is 92.0 cm³/mol. The quantitative estimate of drug-likeness (QED) is 0.524. The number of nitrogens with zero attached hydrogens (tertiary/aromatic N) is 3. The van der Waals surface area contributed by atoms with Crippen molar-refractivity contribution >= 4 is 22.6 Å². The van der Waals surface area contributed by atoms with Crippen LogP contribution in [-0.4, -0.2) is 27.9 Å². The van der Waals surface area contributed by atoms with Crippen LogP contribution in [0, 0.1) is 10.1 Å². The highest BCUT2D eigenvalue weighted by Crippen LogP contribution is 2.24. The first kappa shape index (κ1) is 16.6. The number of non-ortho nitro benzene ring substituents is 1. The second kappa shape index (κ2) is 6.72. The second-order valence-corrected chi connectivity index (χ2v) is 5.83. The Bertz CT molecular complexity index is 935. The summed E-state index contributed by atoms with van der Waals surface area (Å²) in [6.45, 7) is 1.83. The molecule has 25 heavy (non-hydrogen) atoms. The van der Waals surface area contributed by atoms with E-state index in [0.29, 0.717) is 16.8 Å². The third kappa shape index (κ3) is 3.35. The third-order valence-electron chi connectivity index (χ3n) is 4.31. The lowest BCUT2D eigenvalue weighted by atomic mass is 10.1. The number of likely N-dealkylation sites (N-methyl/N-ethyl adjacent to an activating group) is 1. The summed E-state index contributed by atoms with van der Waals surface area (Å²) in [7, 11) is 1.67. The number of para-hydroxylation sites is 1. The molecule has 1 heterocycles. The lowest BCUT2D eigenvalue weighted by Gasteiger charge is -2.25. The van der Waals surface area contributed by atoms with Gasteiger partial charge >= 0.3 is 0 Å². The number of hydrogen-bond donors (Lipinski definition) is 0. The van der Waals surface area contributed by atoms with E-state index in [1.54, 1.807) is 30.1 Å². The minimum atomic E-state index is -0.445. The van der Waals surface area contributed by atoms with E-state index in [2.05, 4.69) is 5.16 Å². The molecule has 0 saturated heterocycles. The van der Waals surface area contributed by atoms with E-state index in [4.69, 9.17) is 4.52 Å². The van der Waals surface area contributed by atoms with Crippen molar-refractivity contribution in [3.8, 4) is 0 Å². The highest BCUT2D eigenvalue weighted by Gasteiger charge is 2.21. The number of amides is 1. The Morgan fingerprint density at radius 3 is 2.80 bits per heavy atom. The Kier molecular flexibility index (Phi) is 4.47. The Morgan fingerprint density at radius 1 is 1.28 bits per heavy atom. The van der Waals surface area contributed by atoms with Crippen molar-refractivity contribution in [2.24, 2.45) is 0 Å². The van der Waals surface area contributed by atoms with Crippen LogP contribution in [0.2, 0.25) is 0 Å². The van der Waals surface area contributed by atoms with Gasteiger partial charge in [0.15, 0.2) is 5.58 Å². The van der Waals surface area contributed by atoms with Gasteiger partial charge in [-0.05, 0) is 24.6 Å². The molecule has 0 spiro atoms. The van der Waals surface area contributed by atoms with Gasteiger partial charge in [0.25, 0.3) is 5.69 Å². The SMILES string of the molecule is C[C@H](c1cccc([N+](=O)[O-])c1)N(C)C(=O)Cc1noc2ccccc12. The van der Waals surface area contributed by atoms with Crippen molar-refractivity contribution in [3.05, 3.63) is 69.9 Å². The summed E-state index contributed by atoms with van der Waals surface area (Å²) in [6, 6.07) is 13.4. The van der Waals surface area contributed by atoms with Gasteiger partial charge in [0.1, 0.15) is 5.69 Å². The first-order chi connectivity index (χ1) is 12.0. The average molecular weight is 339 g/mol. The zero-order valence-electron chi connectivity index (χ0n) is 13.9. The molecule has 0 unspecified atom stereocenters. The highest BCUT2D eigenvalue weighted by molar-refractivity contribution is 5.86. The maximum Gasteiger partial charge on any atom is 0.269 e. The van der Waals surface area contributed by atoms with E-state index < -0.39 is 4.92 Å². The first-order valence-corrected chi connectivity index (χ1v) is 7.80. The Balaban J connectivity index is 1.77. The fourth-order valence-corrected chi connectivity index (χ4v) is 2.67. The number of carbonyl (C=O) groups is 1. The van der Waals surface area contributed by atoms with Crippen LogP contribution in [0.3, 0.4) is 0 Å². The number of hydrogen-bond acceptors (Lipinski definition) is 5. The molecule has 0 aliphatic rings. The molecular weight excluding hydrogens is 322 g/mol. The average Bonchev–Trinajstić information content (AvgIpc) is 3.03. The molecule has 0 fully saturated rings. The van der Waals surface area contributed by atoms with Crippen LogP contribution in [-0.2, 0) is 11.2 Å². The summed E-state index contributed by atoms with van der Waals surface area (Å²) in [5.41, 5.74) is 1.93. The molecule has 2 aromatic carbocycles. The van der Waals surface area contributed by atoms with Gasteiger partial charge in [-0.1, -0.05) is 29.4 Å². The molecule has 1 aromatic heterocycles. The monoisotopic (exact) mass is 339 g/mol. The van der Waals surface area contributed by atoms with Crippen LogP contribution in [0.5, 0.6) is 0 Å². The molecule has 0 saturated carbocycles. The lowest BCUT2D eigenvalue weighted by molar-refractivity contribution is -0.384. The van der Waals surface area contributed by atoms with Gasteiger partial charge in [-0.3, -0.25) is 14.9 Å². The predicted octanol–water partition coefficient (Wildman–Crippen LogP) is 3.50. The van der Waals surface area contributed by atoms with Gasteiger partial charge in [0.05, 0.1) is 17.4 Å². The van der Waals surface area contributed by atoms with Crippen molar-refractivity contribution < 1.29 is 14.2 Å². The summed E-state index contributed by atoms with van der Waals surface area (Å²) < 4.78 is 5.22. The maximum atomic E-state index is 12.6. The fourth-order valence-electron chi connectivity index (χ4n) is 2.67. The van der Waals surface area contributed by atoms with E-state index in [1.165, 1.54) is 12.1 Å². The van der Waals surface area contributed by atoms with Crippen LogP contribution < -0.4 is 0 Å². The van der Waals surface area contributed by atoms with Crippen LogP contribution in [0.15, 0.2) is 53.1 Å². The smallest absolute Gasteiger partial charge is 0.269 e. The molecule has 0 radical (unpaired) electrons. The topological polar surface area (TPSA) is 89.5 Å². The molecule has 3 aromatic rings. The molecule has 0 N–H and O–H groups in total. The van der Waals surface area contributed by atoms with E-state index in [0.717, 1.165) is 5.39 Å². The molecule has 128 valence electrons. The number of nitro groups is 1. The minimum absolute atomic E-state index is 0.00712. The Hall–Kier alpha value is -3.22. The second-order valence-electron chi connectivity index (χ2n) is 5.83. The van der Waals surface area contributed by atoms with Gasteiger partial charge in [-0.25, -0.2) is 0 Å². The standard InChI is InChI=1S/C18H17N3O4/c1-12(13-6-5-7-14(10-13)21(23)24)20(2)18(22)11-16-15-8-3-4-9-17(15)25-19-16/h3-10,12H,11H2,1-2H3/t12-/m1/s1. The molecular formula is C18H17N3O4. The van der Waals surface area contributed by atoms with Gasteiger partial charge in [-0.15, -0.1) is 0 Å². The van der Waals surface area contributed by atoms with E-state index in [1.807, 2.05) is 25.1 Å². The molecule has 0 aliphatic heterocycles. The van der Waals surface area contributed by atoms with E-state index in [-0.39, 0.29) is 24.1 Å². The van der Waals surface area contributed by atoms with Crippen LogP contribution in [0.25, 0.3) is 11.0 Å². The van der Waals surface area contributed by atoms with Gasteiger partial charge in [0.2, 0.25) is 5.91 Å². The molecule has 1 amide bonds. The van der Waals surface area contributed by atoms with Crippen LogP contribution in [0.4, 0.5) is 5.69 Å². The fraction of sp³-hybridized carbons (Fsp3) is 0.222. The largest absolute Gasteiger partial charge is 0.356 e.